The fraction of sp³-hybridized carbons (Fsp3) is 0.174. The molecule has 0 N–H and O–H groups in total. The molecule has 8 rings (SSSR count). The molecule has 4 heterocycles. The SMILES string of the molecule is CC(C)Cc1cc2c3cc(CC(C)C)c(Oc4[c-]c(-c5ccccn5)ccc4)[c-]c3n(-c3ncccn3)c2[c-]c1Oc1[c-]c(-c2ccccn2)ccc1.[Pd+2].[Pd+2]. The predicted molar refractivity (Wildman–Crippen MR) is 208 cm³/mol. The van der Waals surface area contributed by atoms with Crippen molar-refractivity contribution in [1.29, 1.82) is 0 Å². The van der Waals surface area contributed by atoms with Gasteiger partial charge in [0, 0.05) is 47.8 Å². The maximum absolute atomic E-state index is 6.66. The number of ether oxygens (including phenoxy) is 2. The Labute approximate surface area is 349 Å². The number of pyridine rings is 2. The normalized spacial score (nSPS) is 11.1. The van der Waals surface area contributed by atoms with Gasteiger partial charge in [-0.25, -0.2) is 9.97 Å². The Kier molecular flexibility index (Phi) is 12.7. The summed E-state index contributed by atoms with van der Waals surface area (Å²) in [5, 5.41) is 2.02. The van der Waals surface area contributed by atoms with Gasteiger partial charge in [0.25, 0.3) is 0 Å². The molecule has 0 bridgehead atoms. The molecule has 0 aliphatic carbocycles. The molecular weight excluding hydrogens is 867 g/mol. The van der Waals surface area contributed by atoms with Gasteiger partial charge in [-0.3, -0.25) is 0 Å². The second-order valence-electron chi connectivity index (χ2n) is 13.8. The van der Waals surface area contributed by atoms with Crippen LogP contribution < -0.4 is 9.47 Å². The second kappa shape index (κ2) is 17.6. The van der Waals surface area contributed by atoms with Crippen LogP contribution in [0.5, 0.6) is 23.0 Å². The number of rotatable bonds is 11. The molecule has 0 aliphatic heterocycles. The largest absolute Gasteiger partial charge is 2.00 e. The molecule has 0 saturated carbocycles. The van der Waals surface area contributed by atoms with Gasteiger partial charge in [0.1, 0.15) is 0 Å². The van der Waals surface area contributed by atoms with Crippen molar-refractivity contribution in [3.05, 3.63) is 151 Å². The molecule has 4 aromatic heterocycles. The zero-order chi connectivity index (χ0) is 36.3. The van der Waals surface area contributed by atoms with Gasteiger partial charge < -0.3 is 24.0 Å². The molecule has 0 fully saturated rings. The minimum atomic E-state index is 0. The first-order valence-electron chi connectivity index (χ1n) is 17.9. The topological polar surface area (TPSA) is 75.0 Å². The van der Waals surface area contributed by atoms with Crippen LogP contribution in [-0.4, -0.2) is 24.5 Å². The molecule has 55 heavy (non-hydrogen) atoms. The van der Waals surface area contributed by atoms with Crippen molar-refractivity contribution in [2.75, 3.05) is 0 Å². The maximum atomic E-state index is 6.66. The van der Waals surface area contributed by atoms with E-state index in [0.717, 1.165) is 68.3 Å². The van der Waals surface area contributed by atoms with Crippen LogP contribution in [0.15, 0.2) is 116 Å². The average Bonchev–Trinajstić information content (AvgIpc) is 3.47. The minimum absolute atomic E-state index is 0. The summed E-state index contributed by atoms with van der Waals surface area (Å²) >= 11 is 0. The van der Waals surface area contributed by atoms with Crippen molar-refractivity contribution >= 4 is 21.8 Å². The number of benzene rings is 4. The zero-order valence-corrected chi connectivity index (χ0v) is 33.8. The van der Waals surface area contributed by atoms with Gasteiger partial charge in [-0.1, -0.05) is 99.8 Å². The molecule has 9 heteroatoms. The van der Waals surface area contributed by atoms with E-state index in [1.54, 1.807) is 24.8 Å². The molecule has 0 atom stereocenters. The summed E-state index contributed by atoms with van der Waals surface area (Å²) in [4.78, 5) is 18.4. The summed E-state index contributed by atoms with van der Waals surface area (Å²) in [6.45, 7) is 8.84. The third kappa shape index (κ3) is 8.78. The number of aromatic nitrogens is 5. The Morgan fingerprint density at radius 1 is 0.527 bits per heavy atom. The quantitative estimate of drug-likeness (QED) is 0.0951. The van der Waals surface area contributed by atoms with Crippen molar-refractivity contribution in [3.8, 4) is 51.5 Å². The van der Waals surface area contributed by atoms with Crippen molar-refractivity contribution < 1.29 is 50.3 Å². The smallest absolute Gasteiger partial charge is 0.503 e. The molecule has 0 amide bonds. The first kappa shape index (κ1) is 39.7. The average molecular weight is 905 g/mol. The van der Waals surface area contributed by atoms with Gasteiger partial charge in [0.2, 0.25) is 5.95 Å². The van der Waals surface area contributed by atoms with Crippen LogP contribution in [0.2, 0.25) is 0 Å². The number of hydrogen-bond acceptors (Lipinski definition) is 6. The van der Waals surface area contributed by atoms with E-state index in [1.165, 1.54) is 0 Å². The second-order valence-corrected chi connectivity index (χ2v) is 13.8. The van der Waals surface area contributed by atoms with Gasteiger partial charge in [-0.05, 0) is 29.6 Å². The Bertz CT molecular complexity index is 2370. The molecule has 0 aliphatic rings. The van der Waals surface area contributed by atoms with Crippen molar-refractivity contribution in [3.63, 3.8) is 0 Å². The molecule has 0 unspecified atom stereocenters. The summed E-state index contributed by atoms with van der Waals surface area (Å²) in [5.74, 6) is 3.66. The molecule has 0 radical (unpaired) electrons. The number of hydrogen-bond donors (Lipinski definition) is 0. The monoisotopic (exact) mass is 903 g/mol. The molecule has 4 aromatic carbocycles. The fourth-order valence-electron chi connectivity index (χ4n) is 6.55. The summed E-state index contributed by atoms with van der Waals surface area (Å²) in [7, 11) is 0. The van der Waals surface area contributed by atoms with Gasteiger partial charge >= 0.3 is 40.8 Å². The maximum Gasteiger partial charge on any atom is 2.00 e. The van der Waals surface area contributed by atoms with E-state index in [4.69, 9.17) is 9.47 Å². The zero-order valence-electron chi connectivity index (χ0n) is 30.7. The van der Waals surface area contributed by atoms with Crippen molar-refractivity contribution in [2.45, 2.75) is 40.5 Å². The van der Waals surface area contributed by atoms with E-state index >= 15 is 0 Å². The molecule has 7 nitrogen and oxygen atoms in total. The van der Waals surface area contributed by atoms with Crippen LogP contribution in [-0.2, 0) is 53.7 Å². The van der Waals surface area contributed by atoms with E-state index in [-0.39, 0.29) is 40.8 Å². The van der Waals surface area contributed by atoms with Crippen LogP contribution in [0.4, 0.5) is 0 Å². The first-order valence-corrected chi connectivity index (χ1v) is 17.9. The number of fused-ring (bicyclic) bond motifs is 3. The van der Waals surface area contributed by atoms with Crippen molar-refractivity contribution in [2.24, 2.45) is 11.8 Å². The Balaban J connectivity index is 0.00000257. The summed E-state index contributed by atoms with van der Waals surface area (Å²) in [6, 6.07) is 43.8. The molecule has 278 valence electrons. The van der Waals surface area contributed by atoms with Gasteiger partial charge in [0.15, 0.2) is 0 Å². The van der Waals surface area contributed by atoms with Crippen LogP contribution in [0.1, 0.15) is 38.8 Å². The summed E-state index contributed by atoms with van der Waals surface area (Å²) < 4.78 is 15.3. The molecule has 0 saturated heterocycles. The van der Waals surface area contributed by atoms with Crippen LogP contribution in [0, 0.1) is 36.1 Å². The van der Waals surface area contributed by atoms with E-state index in [1.807, 2.05) is 83.4 Å². The predicted octanol–water partition coefficient (Wildman–Crippen LogP) is 10.9. The van der Waals surface area contributed by atoms with Crippen LogP contribution >= 0.6 is 0 Å². The van der Waals surface area contributed by atoms with Crippen LogP contribution in [0.3, 0.4) is 0 Å². The van der Waals surface area contributed by atoms with Crippen molar-refractivity contribution in [1.82, 2.24) is 24.5 Å². The molecule has 0 spiro atoms. The third-order valence-electron chi connectivity index (χ3n) is 8.78. The molecular formula is C46H37N5O2Pd2. The first-order chi connectivity index (χ1) is 25.9. The summed E-state index contributed by atoms with van der Waals surface area (Å²) in [6.07, 6.45) is 8.63. The van der Waals surface area contributed by atoms with E-state index < -0.39 is 0 Å². The Hall–Kier alpha value is -5.02. The van der Waals surface area contributed by atoms with Gasteiger partial charge in [-0.2, -0.15) is 22.9 Å². The minimum Gasteiger partial charge on any atom is -0.503 e. The number of nitrogens with zero attached hydrogens (tertiary/aromatic N) is 5. The molecule has 8 aromatic rings. The third-order valence-corrected chi connectivity index (χ3v) is 8.78. The fourth-order valence-corrected chi connectivity index (χ4v) is 6.55. The standard InChI is InChI=1S/C46H37N5O2.2Pd/c1-30(2)22-34-26-38-39-27-35(23-31(3)4)45(53-37-15-10-13-33(25-37)41-17-6-8-19-48-41)29-43(39)51(46-49-20-11-21-50-46)42(38)28-44(34)52-36-14-9-12-32(24-36)40-16-5-7-18-47-40;;/h5-21,26-27,30-31H,22-23H2,1-4H3;;/q-4;2*+2. The Morgan fingerprint density at radius 2 is 0.982 bits per heavy atom. The summed E-state index contributed by atoms with van der Waals surface area (Å²) in [5.41, 5.74) is 7.01. The van der Waals surface area contributed by atoms with E-state index in [2.05, 4.69) is 84.0 Å². The van der Waals surface area contributed by atoms with Gasteiger partial charge in [0.05, 0.1) is 0 Å². The van der Waals surface area contributed by atoms with E-state index in [9.17, 15) is 0 Å². The van der Waals surface area contributed by atoms with E-state index in [0.29, 0.717) is 40.8 Å². The Morgan fingerprint density at radius 3 is 1.40 bits per heavy atom. The van der Waals surface area contributed by atoms with Gasteiger partial charge in [-0.15, -0.1) is 70.8 Å². The van der Waals surface area contributed by atoms with Crippen LogP contribution in [0.25, 0.3) is 50.3 Å².